The van der Waals surface area contributed by atoms with E-state index in [1.54, 1.807) is 4.90 Å². The number of likely N-dealkylation sites (tertiary alicyclic amines) is 1. The number of ether oxygens (including phenoxy) is 1. The average Bonchev–Trinajstić information content (AvgIpc) is 3.39. The molecule has 2 aromatic rings. The maximum Gasteiger partial charge on any atom is 0.318 e. The highest BCUT2D eigenvalue weighted by Crippen LogP contribution is 2.46. The maximum atomic E-state index is 12.5. The van der Waals surface area contributed by atoms with Crippen molar-refractivity contribution in [1.29, 1.82) is 5.26 Å². The largest absolute Gasteiger partial charge is 0.462 e. The van der Waals surface area contributed by atoms with Crippen LogP contribution in [0.1, 0.15) is 54.5 Å². The molecule has 3 heterocycles. The Labute approximate surface area is 237 Å². The number of anilines is 1. The predicted molar refractivity (Wildman–Crippen MR) is 154 cm³/mol. The Bertz CT molecular complexity index is 1320. The summed E-state index contributed by atoms with van der Waals surface area (Å²) in [5.41, 5.74) is 5.52. The summed E-state index contributed by atoms with van der Waals surface area (Å²) in [6.07, 6.45) is 10.3. The minimum atomic E-state index is -0.198. The Morgan fingerprint density at radius 2 is 1.98 bits per heavy atom. The number of aryl methyl sites for hydroxylation is 1. The van der Waals surface area contributed by atoms with E-state index in [1.165, 1.54) is 35.6 Å². The molecule has 0 N–H and O–H groups in total. The third-order valence-corrected chi connectivity index (χ3v) is 9.75. The zero-order chi connectivity index (χ0) is 27.7. The molecule has 8 heteroatoms. The van der Waals surface area contributed by atoms with E-state index in [-0.39, 0.29) is 23.8 Å². The van der Waals surface area contributed by atoms with Gasteiger partial charge in [-0.05, 0) is 87.6 Å². The van der Waals surface area contributed by atoms with Gasteiger partial charge in [0.2, 0.25) is 5.91 Å². The smallest absolute Gasteiger partial charge is 0.318 e. The van der Waals surface area contributed by atoms with E-state index in [0.29, 0.717) is 38.3 Å². The second-order valence-electron chi connectivity index (χ2n) is 12.2. The highest BCUT2D eigenvalue weighted by molar-refractivity contribution is 5.87. The topological polar surface area (TPSA) is 85.6 Å². The molecule has 0 bridgehead atoms. The SMILES string of the molecule is C=CC(=O)N1CCN(c2nc(OC[C@@H]3CCCN3C)nc3c2CC[C@]2(CCc4ccccc4C2)C3)C[C@@H]1CC#N. The van der Waals surface area contributed by atoms with E-state index >= 15 is 0 Å². The molecule has 2 aliphatic carbocycles. The first-order chi connectivity index (χ1) is 19.5. The van der Waals surface area contributed by atoms with Crippen LogP contribution in [0.2, 0.25) is 0 Å². The number of carbonyl (C=O) groups is 1. The molecule has 1 aromatic heterocycles. The van der Waals surface area contributed by atoms with E-state index in [9.17, 15) is 10.1 Å². The van der Waals surface area contributed by atoms with Crippen molar-refractivity contribution in [2.75, 3.05) is 44.7 Å². The lowest BCUT2D eigenvalue weighted by atomic mass is 9.63. The number of hydrogen-bond donors (Lipinski definition) is 0. The number of nitrogens with zero attached hydrogens (tertiary/aromatic N) is 6. The summed E-state index contributed by atoms with van der Waals surface area (Å²) >= 11 is 0. The molecule has 1 amide bonds. The van der Waals surface area contributed by atoms with E-state index < -0.39 is 0 Å². The summed E-state index contributed by atoms with van der Waals surface area (Å²) in [5.74, 6) is 0.813. The molecule has 2 aliphatic heterocycles. The van der Waals surface area contributed by atoms with E-state index in [1.807, 2.05) is 0 Å². The monoisotopic (exact) mass is 540 g/mol. The van der Waals surface area contributed by atoms with Gasteiger partial charge in [0.15, 0.2) is 0 Å². The van der Waals surface area contributed by atoms with Gasteiger partial charge in [0, 0.05) is 31.2 Å². The first kappa shape index (κ1) is 26.8. The van der Waals surface area contributed by atoms with Gasteiger partial charge in [0.05, 0.1) is 24.2 Å². The van der Waals surface area contributed by atoms with Gasteiger partial charge in [-0.3, -0.25) is 4.79 Å². The van der Waals surface area contributed by atoms with Gasteiger partial charge in [0.1, 0.15) is 12.4 Å². The fraction of sp³-hybridized carbons (Fsp3) is 0.562. The first-order valence-electron chi connectivity index (χ1n) is 14.8. The van der Waals surface area contributed by atoms with Gasteiger partial charge in [0.25, 0.3) is 0 Å². The van der Waals surface area contributed by atoms with Crippen molar-refractivity contribution in [3.63, 3.8) is 0 Å². The summed E-state index contributed by atoms with van der Waals surface area (Å²) in [7, 11) is 2.16. The number of piperazine rings is 1. The van der Waals surface area contributed by atoms with E-state index in [4.69, 9.17) is 14.7 Å². The Balaban J connectivity index is 1.30. The average molecular weight is 541 g/mol. The molecular formula is C32H40N6O2. The molecule has 0 unspecified atom stereocenters. The van der Waals surface area contributed by atoms with Crippen molar-refractivity contribution >= 4 is 11.7 Å². The highest BCUT2D eigenvalue weighted by atomic mass is 16.5. The van der Waals surface area contributed by atoms with Crippen LogP contribution in [0, 0.1) is 16.7 Å². The number of aromatic nitrogens is 2. The van der Waals surface area contributed by atoms with Gasteiger partial charge >= 0.3 is 6.01 Å². The van der Waals surface area contributed by atoms with Crippen molar-refractivity contribution < 1.29 is 9.53 Å². The zero-order valence-electron chi connectivity index (χ0n) is 23.6. The summed E-state index contributed by atoms with van der Waals surface area (Å²) in [6, 6.07) is 11.8. The molecular weight excluding hydrogens is 500 g/mol. The lowest BCUT2D eigenvalue weighted by Crippen LogP contribution is -2.55. The second kappa shape index (κ2) is 11.2. The lowest BCUT2D eigenvalue weighted by Gasteiger charge is -2.44. The van der Waals surface area contributed by atoms with Crippen molar-refractivity contribution in [2.24, 2.45) is 5.41 Å². The molecule has 0 radical (unpaired) electrons. The van der Waals surface area contributed by atoms with Gasteiger partial charge in [-0.1, -0.05) is 30.8 Å². The Hall–Kier alpha value is -3.44. The molecule has 2 saturated heterocycles. The van der Waals surface area contributed by atoms with Gasteiger partial charge in [-0.25, -0.2) is 0 Å². The number of likely N-dealkylation sites (N-methyl/N-ethyl adjacent to an activating group) is 1. The molecule has 210 valence electrons. The van der Waals surface area contributed by atoms with Crippen LogP contribution in [0.25, 0.3) is 0 Å². The minimum absolute atomic E-state index is 0.117. The Morgan fingerprint density at radius 1 is 1.15 bits per heavy atom. The van der Waals surface area contributed by atoms with Crippen LogP contribution >= 0.6 is 0 Å². The van der Waals surface area contributed by atoms with Crippen LogP contribution in [0.15, 0.2) is 36.9 Å². The van der Waals surface area contributed by atoms with Crippen LogP contribution < -0.4 is 9.64 Å². The van der Waals surface area contributed by atoms with Crippen molar-refractivity contribution in [3.8, 4) is 12.1 Å². The number of hydrogen-bond acceptors (Lipinski definition) is 7. The highest BCUT2D eigenvalue weighted by Gasteiger charge is 2.41. The number of fused-ring (bicyclic) bond motifs is 2. The first-order valence-corrected chi connectivity index (χ1v) is 14.8. The van der Waals surface area contributed by atoms with Crippen molar-refractivity contribution in [2.45, 2.75) is 69.9 Å². The fourth-order valence-corrected chi connectivity index (χ4v) is 7.38. The number of amides is 1. The summed E-state index contributed by atoms with van der Waals surface area (Å²) in [4.78, 5) is 29.0. The third-order valence-electron chi connectivity index (χ3n) is 9.75. The minimum Gasteiger partial charge on any atom is -0.462 e. The molecule has 1 spiro atoms. The number of nitriles is 1. The van der Waals surface area contributed by atoms with Gasteiger partial charge < -0.3 is 19.4 Å². The predicted octanol–water partition coefficient (Wildman–Crippen LogP) is 3.73. The normalized spacial score (nSPS) is 26.2. The van der Waals surface area contributed by atoms with Gasteiger partial charge in [-0.2, -0.15) is 15.2 Å². The maximum absolute atomic E-state index is 12.5. The number of benzene rings is 1. The van der Waals surface area contributed by atoms with E-state index in [0.717, 1.165) is 56.6 Å². The van der Waals surface area contributed by atoms with Crippen LogP contribution in [0.3, 0.4) is 0 Å². The van der Waals surface area contributed by atoms with Crippen molar-refractivity contribution in [3.05, 3.63) is 59.3 Å². The quantitative estimate of drug-likeness (QED) is 0.516. The van der Waals surface area contributed by atoms with Crippen LogP contribution in [0.4, 0.5) is 5.82 Å². The van der Waals surface area contributed by atoms with Crippen LogP contribution in [-0.4, -0.2) is 77.6 Å². The van der Waals surface area contributed by atoms with Crippen LogP contribution in [0.5, 0.6) is 6.01 Å². The summed E-state index contributed by atoms with van der Waals surface area (Å²) < 4.78 is 6.32. The molecule has 3 atom stereocenters. The Morgan fingerprint density at radius 3 is 2.75 bits per heavy atom. The van der Waals surface area contributed by atoms with Crippen molar-refractivity contribution in [1.82, 2.24) is 19.8 Å². The third kappa shape index (κ3) is 5.19. The fourth-order valence-electron chi connectivity index (χ4n) is 7.38. The van der Waals surface area contributed by atoms with Gasteiger partial charge in [-0.15, -0.1) is 0 Å². The summed E-state index contributed by atoms with van der Waals surface area (Å²) in [5, 5.41) is 9.51. The molecule has 4 aliphatic rings. The zero-order valence-corrected chi connectivity index (χ0v) is 23.6. The molecule has 2 fully saturated rings. The molecule has 0 saturated carbocycles. The standard InChI is InChI=1S/C32H40N6O2/c1-3-29(39)38-18-17-37(21-25(38)12-15-33)30-27-11-14-32(13-10-23-7-4-5-8-24(23)19-32)20-28(27)34-31(35-30)40-22-26-9-6-16-36(26)2/h3-5,7-8,25-26H,1,6,9-14,16-22H2,2H3/t25-,26-,32-/m0/s1. The number of rotatable bonds is 6. The van der Waals surface area contributed by atoms with Crippen LogP contribution in [-0.2, 0) is 30.5 Å². The molecule has 6 rings (SSSR count). The lowest BCUT2D eigenvalue weighted by molar-refractivity contribution is -0.128. The molecule has 8 nitrogen and oxygen atoms in total. The second-order valence-corrected chi connectivity index (χ2v) is 12.2. The summed E-state index contributed by atoms with van der Waals surface area (Å²) in [6.45, 7) is 7.12. The Kier molecular flexibility index (Phi) is 7.50. The molecule has 1 aromatic carbocycles. The van der Waals surface area contributed by atoms with E-state index in [2.05, 4.69) is 53.8 Å². The molecule has 40 heavy (non-hydrogen) atoms. The number of carbonyl (C=O) groups excluding carboxylic acids is 1.